The summed E-state index contributed by atoms with van der Waals surface area (Å²) in [4.78, 5) is 22.6. The fourth-order valence-corrected chi connectivity index (χ4v) is 1.67. The smallest absolute Gasteiger partial charge is 0.303 e. The monoisotopic (exact) mass is 278 g/mol. The van der Waals surface area contributed by atoms with Crippen molar-refractivity contribution in [1.82, 2.24) is 0 Å². The first-order chi connectivity index (χ1) is 9.20. The van der Waals surface area contributed by atoms with Gasteiger partial charge in [0.05, 0.1) is 6.04 Å². The largest absolute Gasteiger partial charge is 0.481 e. The van der Waals surface area contributed by atoms with Crippen molar-refractivity contribution in [3.8, 4) is 0 Å². The van der Waals surface area contributed by atoms with Gasteiger partial charge in [0.25, 0.3) is 0 Å². The summed E-state index contributed by atoms with van der Waals surface area (Å²) in [5.41, 5.74) is 7.08. The number of carbonyl (C=O) groups excluding carboxylic acids is 1. The van der Waals surface area contributed by atoms with Crippen molar-refractivity contribution < 1.29 is 14.7 Å². The normalized spacial score (nSPS) is 12.8. The second-order valence-corrected chi connectivity index (χ2v) is 5.93. The molecule has 0 saturated heterocycles. The number of anilines is 1. The maximum absolute atomic E-state index is 12.0. The maximum Gasteiger partial charge on any atom is 0.303 e. The van der Waals surface area contributed by atoms with Gasteiger partial charge in [-0.3, -0.25) is 9.59 Å². The third-order valence-electron chi connectivity index (χ3n) is 3.04. The molecule has 0 aliphatic carbocycles. The van der Waals surface area contributed by atoms with Crippen LogP contribution in [0.3, 0.4) is 0 Å². The number of benzene rings is 1. The third-order valence-corrected chi connectivity index (χ3v) is 3.04. The Kier molecular flexibility index (Phi) is 5.27. The van der Waals surface area contributed by atoms with Crippen LogP contribution in [-0.2, 0) is 16.0 Å². The van der Waals surface area contributed by atoms with E-state index in [2.05, 4.69) is 5.32 Å². The van der Waals surface area contributed by atoms with Crippen LogP contribution < -0.4 is 11.1 Å². The van der Waals surface area contributed by atoms with E-state index in [1.807, 2.05) is 26.8 Å². The fourth-order valence-electron chi connectivity index (χ4n) is 1.67. The molecule has 110 valence electrons. The number of amides is 1. The Labute approximate surface area is 119 Å². The van der Waals surface area contributed by atoms with Crippen molar-refractivity contribution in [3.63, 3.8) is 0 Å². The average molecular weight is 278 g/mol. The molecule has 5 nitrogen and oxygen atoms in total. The summed E-state index contributed by atoms with van der Waals surface area (Å²) >= 11 is 0. The molecule has 0 saturated carbocycles. The van der Waals surface area contributed by atoms with E-state index < -0.39 is 12.0 Å². The Morgan fingerprint density at radius 2 is 2.00 bits per heavy atom. The summed E-state index contributed by atoms with van der Waals surface area (Å²) in [6.07, 6.45) is 0.503. The van der Waals surface area contributed by atoms with Gasteiger partial charge in [-0.1, -0.05) is 32.9 Å². The first kappa shape index (κ1) is 16.2. The Morgan fingerprint density at radius 1 is 1.35 bits per heavy atom. The molecule has 0 aliphatic heterocycles. The highest BCUT2D eigenvalue weighted by Crippen LogP contribution is 2.19. The molecule has 1 rings (SSSR count). The Morgan fingerprint density at radius 3 is 2.55 bits per heavy atom. The van der Waals surface area contributed by atoms with Gasteiger partial charge in [0.15, 0.2) is 0 Å². The Balaban J connectivity index is 2.71. The van der Waals surface area contributed by atoms with Gasteiger partial charge < -0.3 is 16.2 Å². The second kappa shape index (κ2) is 6.52. The lowest BCUT2D eigenvalue weighted by atomic mass is 9.87. The van der Waals surface area contributed by atoms with Gasteiger partial charge in [-0.15, -0.1) is 0 Å². The van der Waals surface area contributed by atoms with Crippen LogP contribution in [0.15, 0.2) is 24.3 Å². The van der Waals surface area contributed by atoms with Gasteiger partial charge in [0, 0.05) is 12.1 Å². The molecule has 0 aliphatic rings. The first-order valence-corrected chi connectivity index (χ1v) is 6.57. The van der Waals surface area contributed by atoms with E-state index >= 15 is 0 Å². The molecule has 0 unspecified atom stereocenters. The molecule has 0 heterocycles. The zero-order chi connectivity index (χ0) is 15.3. The van der Waals surface area contributed by atoms with Crippen molar-refractivity contribution in [2.24, 2.45) is 11.1 Å². The van der Waals surface area contributed by atoms with Crippen molar-refractivity contribution in [2.75, 3.05) is 5.32 Å². The molecule has 5 heteroatoms. The molecular formula is C15H22N2O3. The highest BCUT2D eigenvalue weighted by molar-refractivity contribution is 5.95. The van der Waals surface area contributed by atoms with E-state index in [1.165, 1.54) is 0 Å². The molecule has 0 aromatic heterocycles. The van der Waals surface area contributed by atoms with Crippen molar-refractivity contribution >= 4 is 17.6 Å². The predicted molar refractivity (Wildman–Crippen MR) is 78.5 cm³/mol. The van der Waals surface area contributed by atoms with E-state index in [0.717, 1.165) is 5.56 Å². The van der Waals surface area contributed by atoms with Crippen molar-refractivity contribution in [1.29, 1.82) is 0 Å². The zero-order valence-electron chi connectivity index (χ0n) is 12.1. The second-order valence-electron chi connectivity index (χ2n) is 5.93. The molecule has 1 amide bonds. The lowest BCUT2D eigenvalue weighted by molar-refractivity contribution is -0.137. The number of nitrogens with two attached hydrogens (primary N) is 1. The number of carboxylic acid groups (broad SMARTS) is 1. The van der Waals surface area contributed by atoms with Crippen LogP contribution in [0.2, 0.25) is 0 Å². The summed E-state index contributed by atoms with van der Waals surface area (Å²) in [6, 6.07) is 6.55. The quantitative estimate of drug-likeness (QED) is 0.768. The van der Waals surface area contributed by atoms with E-state index in [1.54, 1.807) is 18.2 Å². The molecule has 1 atom stereocenters. The average Bonchev–Trinajstić information content (AvgIpc) is 2.34. The van der Waals surface area contributed by atoms with Gasteiger partial charge in [0.1, 0.15) is 0 Å². The minimum atomic E-state index is -0.839. The van der Waals surface area contributed by atoms with Crippen molar-refractivity contribution in [3.05, 3.63) is 29.8 Å². The lowest BCUT2D eigenvalue weighted by Crippen LogP contribution is -2.45. The van der Waals surface area contributed by atoms with Crippen LogP contribution in [0, 0.1) is 5.41 Å². The number of nitrogens with one attached hydrogen (secondary N) is 1. The number of carbonyl (C=O) groups is 2. The maximum atomic E-state index is 12.0. The van der Waals surface area contributed by atoms with Crippen LogP contribution in [-0.4, -0.2) is 23.0 Å². The number of aryl methyl sites for hydroxylation is 1. The van der Waals surface area contributed by atoms with Gasteiger partial charge in [0.2, 0.25) is 5.91 Å². The number of aliphatic carboxylic acids is 1. The minimum absolute atomic E-state index is 0.0684. The minimum Gasteiger partial charge on any atom is -0.481 e. The molecule has 0 fully saturated rings. The van der Waals surface area contributed by atoms with Crippen LogP contribution in [0.5, 0.6) is 0 Å². The van der Waals surface area contributed by atoms with Gasteiger partial charge >= 0.3 is 5.97 Å². The van der Waals surface area contributed by atoms with Crippen LogP contribution in [0.4, 0.5) is 5.69 Å². The predicted octanol–water partition coefficient (Wildman–Crippen LogP) is 2.02. The molecule has 20 heavy (non-hydrogen) atoms. The molecule has 0 bridgehead atoms. The van der Waals surface area contributed by atoms with E-state index in [9.17, 15) is 9.59 Å². The topological polar surface area (TPSA) is 92.4 Å². The van der Waals surface area contributed by atoms with E-state index in [4.69, 9.17) is 10.8 Å². The number of hydrogen-bond donors (Lipinski definition) is 3. The van der Waals surface area contributed by atoms with E-state index in [-0.39, 0.29) is 17.7 Å². The number of rotatable bonds is 5. The van der Waals surface area contributed by atoms with Crippen LogP contribution in [0.25, 0.3) is 0 Å². The summed E-state index contributed by atoms with van der Waals surface area (Å²) < 4.78 is 0. The first-order valence-electron chi connectivity index (χ1n) is 6.57. The zero-order valence-corrected chi connectivity index (χ0v) is 12.1. The third kappa shape index (κ3) is 5.01. The number of carboxylic acids is 1. The van der Waals surface area contributed by atoms with Gasteiger partial charge in [-0.25, -0.2) is 0 Å². The standard InChI is InChI=1S/C15H22N2O3/c1-15(2,3)13(16)14(20)17-11-6-4-5-10(9-11)7-8-12(18)19/h4-6,9,13H,7-8,16H2,1-3H3,(H,17,20)(H,18,19)/t13-/m1/s1. The summed E-state index contributed by atoms with van der Waals surface area (Å²) in [5, 5.41) is 11.4. The highest BCUT2D eigenvalue weighted by atomic mass is 16.4. The summed E-state index contributed by atoms with van der Waals surface area (Å²) in [7, 11) is 0. The Hall–Kier alpha value is -1.88. The lowest BCUT2D eigenvalue weighted by Gasteiger charge is -2.25. The fraction of sp³-hybridized carbons (Fsp3) is 0.467. The Bertz CT molecular complexity index is 492. The molecule has 1 aromatic carbocycles. The molecule has 0 spiro atoms. The van der Waals surface area contributed by atoms with Crippen LogP contribution in [0.1, 0.15) is 32.8 Å². The highest BCUT2D eigenvalue weighted by Gasteiger charge is 2.27. The van der Waals surface area contributed by atoms with Crippen LogP contribution >= 0.6 is 0 Å². The van der Waals surface area contributed by atoms with Gasteiger partial charge in [-0.05, 0) is 29.5 Å². The van der Waals surface area contributed by atoms with Crippen molar-refractivity contribution in [2.45, 2.75) is 39.7 Å². The molecule has 1 aromatic rings. The SMILES string of the molecule is CC(C)(C)[C@H](N)C(=O)Nc1cccc(CCC(=O)O)c1. The summed E-state index contributed by atoms with van der Waals surface area (Å²) in [5.74, 6) is -1.08. The molecule has 4 N–H and O–H groups in total. The molecular weight excluding hydrogens is 256 g/mol. The number of hydrogen-bond acceptors (Lipinski definition) is 3. The van der Waals surface area contributed by atoms with Gasteiger partial charge in [-0.2, -0.15) is 0 Å². The summed E-state index contributed by atoms with van der Waals surface area (Å²) in [6.45, 7) is 5.71. The molecule has 0 radical (unpaired) electrons. The van der Waals surface area contributed by atoms with E-state index in [0.29, 0.717) is 12.1 Å².